The monoisotopic (exact) mass is 529 g/mol. The summed E-state index contributed by atoms with van der Waals surface area (Å²) in [4.78, 5) is 44.0. The van der Waals surface area contributed by atoms with Crippen LogP contribution in [0, 0.1) is 17.1 Å². The van der Waals surface area contributed by atoms with E-state index >= 15 is 0 Å². The van der Waals surface area contributed by atoms with E-state index in [4.69, 9.17) is 17.0 Å². The van der Waals surface area contributed by atoms with E-state index < -0.39 is 29.7 Å². The minimum absolute atomic E-state index is 0.0396. The lowest BCUT2D eigenvalue weighted by Gasteiger charge is -2.34. The fourth-order valence-electron chi connectivity index (χ4n) is 4.30. The van der Waals surface area contributed by atoms with Crippen LogP contribution >= 0.6 is 11.6 Å². The van der Waals surface area contributed by atoms with E-state index in [2.05, 4.69) is 15.6 Å². The zero-order chi connectivity index (χ0) is 27.1. The fraction of sp³-hybridized carbons (Fsp3) is 0.407. The van der Waals surface area contributed by atoms with Crippen molar-refractivity contribution in [3.63, 3.8) is 0 Å². The van der Waals surface area contributed by atoms with Gasteiger partial charge in [0.25, 0.3) is 5.91 Å². The van der Waals surface area contributed by atoms with Crippen molar-refractivity contribution in [3.05, 3.63) is 59.0 Å². The maximum Gasteiger partial charge on any atom is 0.268 e. The van der Waals surface area contributed by atoms with Crippen molar-refractivity contribution >= 4 is 45.9 Å². The molecule has 2 heterocycles. The number of amides is 3. The smallest absolute Gasteiger partial charge is 0.268 e. The van der Waals surface area contributed by atoms with Crippen LogP contribution in [0.1, 0.15) is 50.5 Å². The number of nitrogens with zero attached hydrogens (tertiary/aromatic N) is 1. The number of aromatic amines is 1. The van der Waals surface area contributed by atoms with Gasteiger partial charge in [-0.15, -0.1) is 0 Å². The second-order valence-corrected chi connectivity index (χ2v) is 10.1. The predicted octanol–water partition coefficient (Wildman–Crippen LogP) is 4.28. The van der Waals surface area contributed by atoms with Crippen LogP contribution in [0.3, 0.4) is 0 Å². The number of carbonyl (C=O) groups is 3. The molecule has 1 aromatic heterocycles. The molecule has 0 radical (unpaired) electrons. The van der Waals surface area contributed by atoms with Crippen LogP contribution in [-0.2, 0) is 9.59 Å². The summed E-state index contributed by atoms with van der Waals surface area (Å²) in [7, 11) is 0. The zero-order valence-electron chi connectivity index (χ0n) is 21.2. The number of carbonyl (C=O) groups excluding carboxylic acids is 3. The summed E-state index contributed by atoms with van der Waals surface area (Å²) >= 11 is 6.31. The van der Waals surface area contributed by atoms with Gasteiger partial charge in [-0.2, -0.15) is 0 Å². The van der Waals surface area contributed by atoms with Crippen molar-refractivity contribution in [1.82, 2.24) is 20.5 Å². The molecule has 3 rings (SSSR count). The molecule has 3 amide bonds. The standard InChI is InChI=1S/C27H33ClFN5O3/c1-16(2)13-23(33-26(36)22-14-19-20(29)8-6-9-21(19)32-22)27(37)34-15-25(35)31-12-5-4-7-18(28)10-11-24(34)17(3)30/h4-9,14,16,23-24,30,32H,10-13,15H2,1-3H3,(H,31,35)(H,33,36)/b5-4-,18-7+,30-17?/t23-,24-/m0/s1. The van der Waals surface area contributed by atoms with Crippen LogP contribution in [0.5, 0.6) is 0 Å². The summed E-state index contributed by atoms with van der Waals surface area (Å²) in [6.45, 7) is 5.42. The van der Waals surface area contributed by atoms with E-state index in [1.165, 1.54) is 17.0 Å². The lowest BCUT2D eigenvalue weighted by Crippen LogP contribution is -2.56. The molecule has 8 nitrogen and oxygen atoms in total. The van der Waals surface area contributed by atoms with Gasteiger partial charge in [-0.05, 0) is 56.4 Å². The molecular formula is C27H33ClFN5O3. The summed E-state index contributed by atoms with van der Waals surface area (Å²) in [5, 5.41) is 14.7. The van der Waals surface area contributed by atoms with Gasteiger partial charge < -0.3 is 25.9 Å². The van der Waals surface area contributed by atoms with Gasteiger partial charge >= 0.3 is 0 Å². The van der Waals surface area contributed by atoms with Crippen LogP contribution in [0.15, 0.2) is 47.5 Å². The number of hydrogen-bond donors (Lipinski definition) is 4. The Morgan fingerprint density at radius 2 is 2.08 bits per heavy atom. The number of H-pyrrole nitrogens is 1. The number of fused-ring (bicyclic) bond motifs is 1. The average molecular weight is 530 g/mol. The van der Waals surface area contributed by atoms with Crippen molar-refractivity contribution in [3.8, 4) is 0 Å². The highest BCUT2D eigenvalue weighted by atomic mass is 35.5. The molecule has 0 fully saturated rings. The number of halogens is 2. The van der Waals surface area contributed by atoms with E-state index in [1.54, 1.807) is 37.3 Å². The van der Waals surface area contributed by atoms with E-state index in [-0.39, 0.29) is 41.7 Å². The van der Waals surface area contributed by atoms with Gasteiger partial charge in [0.15, 0.2) is 0 Å². The first-order valence-electron chi connectivity index (χ1n) is 12.3. The number of benzene rings is 1. The third-order valence-electron chi connectivity index (χ3n) is 6.13. The fourth-order valence-corrected chi connectivity index (χ4v) is 4.48. The Bertz CT molecular complexity index is 1240. The largest absolute Gasteiger partial charge is 0.351 e. The maximum absolute atomic E-state index is 14.2. The van der Waals surface area contributed by atoms with Crippen molar-refractivity contribution in [2.75, 3.05) is 13.1 Å². The molecule has 1 aromatic carbocycles. The van der Waals surface area contributed by atoms with Gasteiger partial charge in [0.05, 0.1) is 6.04 Å². The van der Waals surface area contributed by atoms with E-state index in [1.807, 2.05) is 13.8 Å². The molecule has 0 aliphatic carbocycles. The first-order chi connectivity index (χ1) is 17.6. The third-order valence-corrected chi connectivity index (χ3v) is 6.44. The minimum Gasteiger partial charge on any atom is -0.351 e. The predicted molar refractivity (Wildman–Crippen MR) is 143 cm³/mol. The second-order valence-electron chi connectivity index (χ2n) is 9.59. The molecule has 10 heteroatoms. The quantitative estimate of drug-likeness (QED) is 0.418. The number of aromatic nitrogens is 1. The van der Waals surface area contributed by atoms with Gasteiger partial charge in [0, 0.05) is 28.2 Å². The van der Waals surface area contributed by atoms with Gasteiger partial charge in [-0.25, -0.2) is 4.39 Å². The van der Waals surface area contributed by atoms with Gasteiger partial charge in [-0.1, -0.05) is 43.7 Å². The average Bonchev–Trinajstić information content (AvgIpc) is 3.27. The zero-order valence-corrected chi connectivity index (χ0v) is 22.0. The highest BCUT2D eigenvalue weighted by molar-refractivity contribution is 6.29. The molecule has 4 N–H and O–H groups in total. The van der Waals surface area contributed by atoms with Crippen LogP contribution in [0.25, 0.3) is 10.9 Å². The maximum atomic E-state index is 14.2. The second kappa shape index (κ2) is 12.7. The van der Waals surface area contributed by atoms with Crippen molar-refractivity contribution in [1.29, 1.82) is 5.41 Å². The Balaban J connectivity index is 1.91. The summed E-state index contributed by atoms with van der Waals surface area (Å²) < 4.78 is 14.2. The Kier molecular flexibility index (Phi) is 9.63. The number of nitrogens with one attached hydrogen (secondary N) is 4. The molecule has 0 spiro atoms. The lowest BCUT2D eigenvalue weighted by atomic mass is 9.99. The summed E-state index contributed by atoms with van der Waals surface area (Å²) in [6.07, 6.45) is 6.30. The molecule has 198 valence electrons. The van der Waals surface area contributed by atoms with E-state index in [0.717, 1.165) is 0 Å². The van der Waals surface area contributed by atoms with Crippen LogP contribution < -0.4 is 10.6 Å². The Morgan fingerprint density at radius 3 is 2.76 bits per heavy atom. The third kappa shape index (κ3) is 7.52. The van der Waals surface area contributed by atoms with Gasteiger partial charge in [0.2, 0.25) is 11.8 Å². The SMILES string of the molecule is CC(=N)[C@@H]1CC/C(Cl)=C\C=C/CNC(=O)CN1C(=O)[C@H](CC(C)C)NC(=O)c1cc2c(F)cccc2[nH]1. The molecule has 2 atom stereocenters. The highest BCUT2D eigenvalue weighted by Crippen LogP contribution is 2.21. The lowest BCUT2D eigenvalue weighted by molar-refractivity contribution is -0.139. The summed E-state index contributed by atoms with van der Waals surface area (Å²) in [5.41, 5.74) is 0.797. The van der Waals surface area contributed by atoms with Gasteiger partial charge in [-0.3, -0.25) is 14.4 Å². The normalized spacial score (nSPS) is 20.3. The first-order valence-corrected chi connectivity index (χ1v) is 12.7. The highest BCUT2D eigenvalue weighted by Gasteiger charge is 2.34. The van der Waals surface area contributed by atoms with Crippen molar-refractivity contribution in [2.45, 2.75) is 52.1 Å². The summed E-state index contributed by atoms with van der Waals surface area (Å²) in [6, 6.07) is 4.28. The minimum atomic E-state index is -0.961. The Labute approximate surface area is 220 Å². The van der Waals surface area contributed by atoms with E-state index in [9.17, 15) is 18.8 Å². The van der Waals surface area contributed by atoms with Crippen molar-refractivity contribution in [2.24, 2.45) is 5.92 Å². The number of hydrogen-bond acceptors (Lipinski definition) is 4. The van der Waals surface area contributed by atoms with Gasteiger partial charge in [0.1, 0.15) is 24.1 Å². The molecule has 0 bridgehead atoms. The first kappa shape index (κ1) is 28.1. The van der Waals surface area contributed by atoms with E-state index in [0.29, 0.717) is 29.8 Å². The summed E-state index contributed by atoms with van der Waals surface area (Å²) in [5.74, 6) is -1.82. The molecule has 2 aromatic rings. The molecule has 0 saturated carbocycles. The van der Waals surface area contributed by atoms with Crippen LogP contribution in [0.2, 0.25) is 0 Å². The Morgan fingerprint density at radius 1 is 1.32 bits per heavy atom. The molecule has 1 aliphatic rings. The van der Waals surface area contributed by atoms with Crippen LogP contribution in [-0.4, -0.2) is 58.5 Å². The molecule has 37 heavy (non-hydrogen) atoms. The molecule has 0 saturated heterocycles. The van der Waals surface area contributed by atoms with Crippen molar-refractivity contribution < 1.29 is 18.8 Å². The number of rotatable bonds is 6. The molecule has 1 aliphatic heterocycles. The van der Waals surface area contributed by atoms with Crippen LogP contribution in [0.4, 0.5) is 4.39 Å². The Hall–Kier alpha value is -3.46. The molecular weight excluding hydrogens is 497 g/mol. The molecule has 0 unspecified atom stereocenters. The number of allylic oxidation sites excluding steroid dienone is 3. The topological polar surface area (TPSA) is 118 Å².